The van der Waals surface area contributed by atoms with E-state index in [1.54, 1.807) is 6.08 Å². The van der Waals surface area contributed by atoms with Crippen molar-refractivity contribution in [2.45, 2.75) is 231 Å². The van der Waals surface area contributed by atoms with Gasteiger partial charge in [0.1, 0.15) is 0 Å². The van der Waals surface area contributed by atoms with Crippen LogP contribution < -0.4 is 5.32 Å². The SMILES string of the molecule is CCCCCCCCCC=CCCC=CC(O)C(CO)NC(=O)CCCCCCCCCC=CCCCCCCCCCCCCCC. The molecule has 3 N–H and O–H groups in total. The average molecular weight is 674 g/mol. The van der Waals surface area contributed by atoms with E-state index in [1.165, 1.54) is 167 Å². The number of carbonyl (C=O) groups excluding carboxylic acids is 1. The number of rotatable bonds is 38. The Morgan fingerprint density at radius 3 is 1.21 bits per heavy atom. The van der Waals surface area contributed by atoms with Gasteiger partial charge in [-0.2, -0.15) is 0 Å². The fraction of sp³-hybridized carbons (Fsp3) is 0.841. The summed E-state index contributed by atoms with van der Waals surface area (Å²) in [5, 5.41) is 22.9. The number of nitrogens with one attached hydrogen (secondary N) is 1. The zero-order valence-corrected chi connectivity index (χ0v) is 32.3. The fourth-order valence-electron chi connectivity index (χ4n) is 6.31. The summed E-state index contributed by atoms with van der Waals surface area (Å²) < 4.78 is 0. The minimum absolute atomic E-state index is 0.0786. The van der Waals surface area contributed by atoms with Gasteiger partial charge in [-0.3, -0.25) is 4.79 Å². The maximum Gasteiger partial charge on any atom is 0.220 e. The summed E-state index contributed by atoms with van der Waals surface area (Å²) in [7, 11) is 0. The van der Waals surface area contributed by atoms with Crippen molar-refractivity contribution in [3.63, 3.8) is 0 Å². The highest BCUT2D eigenvalue weighted by molar-refractivity contribution is 5.76. The van der Waals surface area contributed by atoms with Gasteiger partial charge in [0.15, 0.2) is 0 Å². The summed E-state index contributed by atoms with van der Waals surface area (Å²) in [6.07, 6.45) is 52.5. The van der Waals surface area contributed by atoms with E-state index in [2.05, 4.69) is 43.5 Å². The normalized spacial score (nSPS) is 13.3. The molecule has 2 unspecified atom stereocenters. The Bertz CT molecular complexity index is 731. The molecule has 0 aliphatic heterocycles. The van der Waals surface area contributed by atoms with Crippen LogP contribution in [0.15, 0.2) is 36.5 Å². The van der Waals surface area contributed by atoms with Crippen molar-refractivity contribution in [2.75, 3.05) is 6.61 Å². The molecule has 0 aromatic carbocycles. The monoisotopic (exact) mass is 674 g/mol. The van der Waals surface area contributed by atoms with E-state index in [4.69, 9.17) is 0 Å². The van der Waals surface area contributed by atoms with Crippen molar-refractivity contribution >= 4 is 5.91 Å². The first-order valence-corrected chi connectivity index (χ1v) is 21.2. The van der Waals surface area contributed by atoms with Gasteiger partial charge in [0.05, 0.1) is 18.8 Å². The Labute approximate surface area is 300 Å². The number of amides is 1. The molecule has 4 nitrogen and oxygen atoms in total. The van der Waals surface area contributed by atoms with Crippen LogP contribution in [0.25, 0.3) is 0 Å². The van der Waals surface area contributed by atoms with Gasteiger partial charge in [-0.05, 0) is 57.8 Å². The van der Waals surface area contributed by atoms with Crippen molar-refractivity contribution < 1.29 is 15.0 Å². The number of carbonyl (C=O) groups is 1. The Hall–Kier alpha value is -1.39. The molecular formula is C44H83NO3. The molecule has 0 aliphatic rings. The van der Waals surface area contributed by atoms with Gasteiger partial charge in [0, 0.05) is 6.42 Å². The van der Waals surface area contributed by atoms with Gasteiger partial charge < -0.3 is 15.5 Å². The Kier molecular flexibility index (Phi) is 38.9. The third kappa shape index (κ3) is 35.9. The quantitative estimate of drug-likeness (QED) is 0.0451. The van der Waals surface area contributed by atoms with E-state index in [0.29, 0.717) is 6.42 Å². The van der Waals surface area contributed by atoms with Crippen LogP contribution >= 0.6 is 0 Å². The second-order valence-electron chi connectivity index (χ2n) is 14.4. The van der Waals surface area contributed by atoms with Gasteiger partial charge in [0.25, 0.3) is 0 Å². The first-order chi connectivity index (χ1) is 23.7. The molecule has 2 atom stereocenters. The number of hydrogen-bond acceptors (Lipinski definition) is 3. The molecule has 282 valence electrons. The molecule has 4 heteroatoms. The molecule has 0 aliphatic carbocycles. The minimum Gasteiger partial charge on any atom is -0.394 e. The summed E-state index contributed by atoms with van der Waals surface area (Å²) in [4.78, 5) is 12.3. The third-order valence-electron chi connectivity index (χ3n) is 9.60. The smallest absolute Gasteiger partial charge is 0.220 e. The van der Waals surface area contributed by atoms with E-state index >= 15 is 0 Å². The highest BCUT2D eigenvalue weighted by Gasteiger charge is 2.17. The predicted octanol–water partition coefficient (Wildman–Crippen LogP) is 13.0. The number of hydrogen-bond donors (Lipinski definition) is 3. The van der Waals surface area contributed by atoms with Crippen LogP contribution in [-0.4, -0.2) is 34.9 Å². The van der Waals surface area contributed by atoms with Crippen LogP contribution in [0.3, 0.4) is 0 Å². The lowest BCUT2D eigenvalue weighted by Crippen LogP contribution is -2.45. The molecule has 0 bridgehead atoms. The van der Waals surface area contributed by atoms with Crippen LogP contribution in [0.1, 0.15) is 219 Å². The summed E-state index contributed by atoms with van der Waals surface area (Å²) in [6, 6.07) is -0.639. The van der Waals surface area contributed by atoms with Gasteiger partial charge in [-0.15, -0.1) is 0 Å². The van der Waals surface area contributed by atoms with Crippen LogP contribution in [-0.2, 0) is 4.79 Å². The van der Waals surface area contributed by atoms with Crippen LogP contribution in [0.5, 0.6) is 0 Å². The maximum atomic E-state index is 12.3. The second-order valence-corrected chi connectivity index (χ2v) is 14.4. The van der Waals surface area contributed by atoms with Gasteiger partial charge in [0.2, 0.25) is 5.91 Å². The molecule has 0 spiro atoms. The standard InChI is InChI=1S/C44H83NO3/c1-3-5-7-9-11-13-15-17-18-19-20-21-22-23-24-25-26-28-30-32-34-36-38-40-44(48)45-42(41-46)43(47)39-37-35-33-31-29-27-16-14-12-10-8-6-4-2/h23-24,29,31,37,39,42-43,46-47H,3-22,25-28,30,32-36,38,40-41H2,1-2H3,(H,45,48). The first-order valence-electron chi connectivity index (χ1n) is 21.2. The van der Waals surface area contributed by atoms with Gasteiger partial charge in [-0.25, -0.2) is 0 Å². The fourth-order valence-corrected chi connectivity index (χ4v) is 6.31. The summed E-state index contributed by atoms with van der Waals surface area (Å²) >= 11 is 0. The van der Waals surface area contributed by atoms with E-state index in [9.17, 15) is 15.0 Å². The predicted molar refractivity (Wildman–Crippen MR) is 212 cm³/mol. The Morgan fingerprint density at radius 2 is 0.812 bits per heavy atom. The Morgan fingerprint density at radius 1 is 0.479 bits per heavy atom. The molecule has 0 fully saturated rings. The highest BCUT2D eigenvalue weighted by Crippen LogP contribution is 2.14. The molecule has 0 aromatic rings. The molecule has 0 heterocycles. The minimum atomic E-state index is -0.861. The van der Waals surface area contributed by atoms with E-state index in [0.717, 1.165) is 32.1 Å². The number of allylic oxidation sites excluding steroid dienone is 5. The van der Waals surface area contributed by atoms with Crippen molar-refractivity contribution in [1.29, 1.82) is 0 Å². The second kappa shape index (κ2) is 40.0. The summed E-state index contributed by atoms with van der Waals surface area (Å²) in [5.41, 5.74) is 0. The maximum absolute atomic E-state index is 12.3. The third-order valence-corrected chi connectivity index (χ3v) is 9.60. The summed E-state index contributed by atoms with van der Waals surface area (Å²) in [5.74, 6) is -0.0786. The molecule has 1 amide bonds. The topological polar surface area (TPSA) is 69.6 Å². The van der Waals surface area contributed by atoms with Crippen LogP contribution in [0, 0.1) is 0 Å². The lowest BCUT2D eigenvalue weighted by atomic mass is 10.0. The van der Waals surface area contributed by atoms with Crippen LogP contribution in [0.4, 0.5) is 0 Å². The van der Waals surface area contributed by atoms with Gasteiger partial charge >= 0.3 is 0 Å². The van der Waals surface area contributed by atoms with E-state index < -0.39 is 12.1 Å². The van der Waals surface area contributed by atoms with Crippen molar-refractivity contribution in [3.05, 3.63) is 36.5 Å². The highest BCUT2D eigenvalue weighted by atomic mass is 16.3. The van der Waals surface area contributed by atoms with Gasteiger partial charge in [-0.1, -0.05) is 192 Å². The van der Waals surface area contributed by atoms with Crippen molar-refractivity contribution in [3.8, 4) is 0 Å². The van der Waals surface area contributed by atoms with Crippen molar-refractivity contribution in [2.24, 2.45) is 0 Å². The molecule has 48 heavy (non-hydrogen) atoms. The molecule has 0 saturated heterocycles. The largest absolute Gasteiger partial charge is 0.394 e. The zero-order valence-electron chi connectivity index (χ0n) is 32.3. The number of aliphatic hydroxyl groups is 2. The molecule has 0 aromatic heterocycles. The molecule has 0 saturated carbocycles. The lowest BCUT2D eigenvalue weighted by molar-refractivity contribution is -0.123. The molecular weight excluding hydrogens is 590 g/mol. The van der Waals surface area contributed by atoms with Crippen LogP contribution in [0.2, 0.25) is 0 Å². The van der Waals surface area contributed by atoms with E-state index in [-0.39, 0.29) is 12.5 Å². The first kappa shape index (κ1) is 46.6. The number of unbranched alkanes of at least 4 members (excludes halogenated alkanes) is 27. The Balaban J connectivity index is 3.58. The molecule has 0 rings (SSSR count). The van der Waals surface area contributed by atoms with E-state index in [1.807, 2.05) is 6.08 Å². The lowest BCUT2D eigenvalue weighted by Gasteiger charge is -2.19. The number of aliphatic hydroxyl groups excluding tert-OH is 2. The van der Waals surface area contributed by atoms with Crippen molar-refractivity contribution in [1.82, 2.24) is 5.32 Å². The average Bonchev–Trinajstić information content (AvgIpc) is 3.09. The molecule has 0 radical (unpaired) electrons. The zero-order chi connectivity index (χ0) is 35.0. The summed E-state index contributed by atoms with van der Waals surface area (Å²) in [6.45, 7) is 4.29.